The molecule has 1 aliphatic carbocycles. The number of likely N-dealkylation sites (N-methyl/N-ethyl adjacent to an activating group) is 1. The summed E-state index contributed by atoms with van der Waals surface area (Å²) in [5.41, 5.74) is 4.36. The van der Waals surface area contributed by atoms with Crippen molar-refractivity contribution in [1.82, 2.24) is 9.80 Å². The molecule has 2 aliphatic heterocycles. The maximum atomic E-state index is 5.45. The Hall–Kier alpha value is -1.32. The topological polar surface area (TPSA) is 15.7 Å². The second-order valence-electron chi connectivity index (χ2n) is 5.93. The van der Waals surface area contributed by atoms with Crippen molar-refractivity contribution in [2.24, 2.45) is 0 Å². The Labute approximate surface area is 121 Å². The van der Waals surface area contributed by atoms with Gasteiger partial charge in [0.05, 0.1) is 19.3 Å². The minimum absolute atomic E-state index is 0.540. The average molecular weight is 272 g/mol. The van der Waals surface area contributed by atoms with E-state index in [2.05, 4.69) is 54.3 Å². The van der Waals surface area contributed by atoms with Crippen molar-refractivity contribution in [3.05, 3.63) is 47.2 Å². The molecular formula is C17H24N2O. The third-order valence-corrected chi connectivity index (χ3v) is 4.24. The monoisotopic (exact) mass is 272 g/mol. The molecule has 20 heavy (non-hydrogen) atoms. The van der Waals surface area contributed by atoms with Gasteiger partial charge in [0.25, 0.3) is 0 Å². The molecule has 0 amide bonds. The predicted molar refractivity (Wildman–Crippen MR) is 82.5 cm³/mol. The predicted octanol–water partition coefficient (Wildman–Crippen LogP) is 2.35. The Kier molecular flexibility index (Phi) is 4.08. The lowest BCUT2D eigenvalue weighted by Gasteiger charge is -2.33. The van der Waals surface area contributed by atoms with Crippen molar-refractivity contribution < 1.29 is 4.74 Å². The summed E-state index contributed by atoms with van der Waals surface area (Å²) < 4.78 is 5.45. The normalized spacial score (nSPS) is 25.4. The summed E-state index contributed by atoms with van der Waals surface area (Å²) in [7, 11) is 4.29. The molecule has 0 radical (unpaired) electrons. The van der Waals surface area contributed by atoms with Crippen LogP contribution in [-0.2, 0) is 4.74 Å². The Morgan fingerprint density at radius 3 is 3.05 bits per heavy atom. The highest BCUT2D eigenvalue weighted by atomic mass is 16.5. The van der Waals surface area contributed by atoms with Crippen LogP contribution in [0, 0.1) is 0 Å². The van der Waals surface area contributed by atoms with Gasteiger partial charge in [-0.25, -0.2) is 0 Å². The van der Waals surface area contributed by atoms with Crippen LogP contribution in [0.15, 0.2) is 47.2 Å². The molecule has 0 saturated carbocycles. The van der Waals surface area contributed by atoms with E-state index < -0.39 is 0 Å². The van der Waals surface area contributed by atoms with Gasteiger partial charge >= 0.3 is 0 Å². The molecule has 3 aliphatic rings. The van der Waals surface area contributed by atoms with Crippen molar-refractivity contribution >= 4 is 0 Å². The summed E-state index contributed by atoms with van der Waals surface area (Å²) >= 11 is 0. The van der Waals surface area contributed by atoms with Crippen LogP contribution in [-0.4, -0.2) is 56.2 Å². The molecule has 0 bridgehead atoms. The lowest BCUT2D eigenvalue weighted by molar-refractivity contribution is 0.152. The first-order valence-electron chi connectivity index (χ1n) is 7.52. The van der Waals surface area contributed by atoms with Gasteiger partial charge in [-0.05, 0) is 44.2 Å². The highest BCUT2D eigenvalue weighted by Crippen LogP contribution is 2.36. The number of hydrogen-bond acceptors (Lipinski definition) is 3. The molecule has 108 valence electrons. The molecular weight excluding hydrogens is 248 g/mol. The summed E-state index contributed by atoms with van der Waals surface area (Å²) in [5, 5.41) is 0. The third kappa shape index (κ3) is 2.74. The van der Waals surface area contributed by atoms with Crippen LogP contribution in [0.1, 0.15) is 12.8 Å². The summed E-state index contributed by atoms with van der Waals surface area (Å²) in [6, 6.07) is 0.540. The van der Waals surface area contributed by atoms with E-state index in [9.17, 15) is 0 Å². The minimum atomic E-state index is 0.540. The Morgan fingerprint density at radius 2 is 2.30 bits per heavy atom. The average Bonchev–Trinajstić information content (AvgIpc) is 2.84. The quantitative estimate of drug-likeness (QED) is 0.781. The molecule has 0 saturated heterocycles. The molecule has 3 nitrogen and oxygen atoms in total. The van der Waals surface area contributed by atoms with E-state index >= 15 is 0 Å². The Bertz CT molecular complexity index is 485. The van der Waals surface area contributed by atoms with E-state index in [1.54, 1.807) is 0 Å². The summed E-state index contributed by atoms with van der Waals surface area (Å²) in [6.07, 6.45) is 13.6. The van der Waals surface area contributed by atoms with E-state index in [-0.39, 0.29) is 0 Å². The first-order chi connectivity index (χ1) is 9.75. The Morgan fingerprint density at radius 1 is 1.40 bits per heavy atom. The van der Waals surface area contributed by atoms with Crippen molar-refractivity contribution in [3.8, 4) is 0 Å². The van der Waals surface area contributed by atoms with Crippen LogP contribution in [0.2, 0.25) is 0 Å². The van der Waals surface area contributed by atoms with Gasteiger partial charge in [-0.2, -0.15) is 0 Å². The highest BCUT2D eigenvalue weighted by molar-refractivity contribution is 5.48. The van der Waals surface area contributed by atoms with Crippen LogP contribution < -0.4 is 0 Å². The number of fused-ring (bicyclic) bond motifs is 1. The maximum Gasteiger partial charge on any atom is 0.0654 e. The van der Waals surface area contributed by atoms with E-state index in [0.29, 0.717) is 6.04 Å². The standard InChI is InChI=1S/C17H24N2O/c1-18(2)9-10-19-16-6-4-3-5-15(16)13-17(19)14-7-11-20-12-8-14/h3-5,7,13,16H,6,8-12H2,1-2H3. The number of rotatable bonds is 4. The van der Waals surface area contributed by atoms with Gasteiger partial charge in [0.15, 0.2) is 0 Å². The van der Waals surface area contributed by atoms with Crippen molar-refractivity contribution in [1.29, 1.82) is 0 Å². The lowest BCUT2D eigenvalue weighted by atomic mass is 10.0. The second kappa shape index (κ2) is 5.98. The van der Waals surface area contributed by atoms with Crippen LogP contribution in [0.25, 0.3) is 0 Å². The van der Waals surface area contributed by atoms with Crippen LogP contribution in [0.3, 0.4) is 0 Å². The smallest absolute Gasteiger partial charge is 0.0654 e. The van der Waals surface area contributed by atoms with E-state index in [1.165, 1.54) is 16.8 Å². The second-order valence-corrected chi connectivity index (χ2v) is 5.93. The zero-order valence-electron chi connectivity index (χ0n) is 12.5. The number of nitrogens with zero attached hydrogens (tertiary/aromatic N) is 2. The van der Waals surface area contributed by atoms with E-state index in [4.69, 9.17) is 4.74 Å². The van der Waals surface area contributed by atoms with Gasteiger partial charge in [-0.3, -0.25) is 0 Å². The lowest BCUT2D eigenvalue weighted by Crippen LogP contribution is -2.37. The van der Waals surface area contributed by atoms with Crippen LogP contribution >= 0.6 is 0 Å². The van der Waals surface area contributed by atoms with Crippen LogP contribution in [0.5, 0.6) is 0 Å². The molecule has 3 rings (SSSR count). The molecule has 3 heteroatoms. The molecule has 0 spiro atoms. The maximum absolute atomic E-state index is 5.45. The molecule has 0 aromatic carbocycles. The number of ether oxygens (including phenoxy) is 1. The van der Waals surface area contributed by atoms with Crippen molar-refractivity contribution in [2.45, 2.75) is 18.9 Å². The van der Waals surface area contributed by atoms with Gasteiger partial charge in [-0.1, -0.05) is 24.3 Å². The van der Waals surface area contributed by atoms with E-state index in [1.807, 2.05) is 0 Å². The SMILES string of the molecule is CN(C)CCN1C(C2=CCOCC2)=CC2=CC=CCC21. The molecule has 0 fully saturated rings. The third-order valence-electron chi connectivity index (χ3n) is 4.24. The minimum Gasteiger partial charge on any atom is -0.377 e. The summed E-state index contributed by atoms with van der Waals surface area (Å²) in [5.74, 6) is 0. The van der Waals surface area contributed by atoms with Gasteiger partial charge in [0, 0.05) is 18.8 Å². The molecule has 0 aromatic heterocycles. The van der Waals surface area contributed by atoms with Crippen molar-refractivity contribution in [3.63, 3.8) is 0 Å². The fourth-order valence-electron chi connectivity index (χ4n) is 3.11. The Balaban J connectivity index is 1.84. The first kappa shape index (κ1) is 13.7. The summed E-state index contributed by atoms with van der Waals surface area (Å²) in [4.78, 5) is 4.85. The molecule has 2 heterocycles. The van der Waals surface area contributed by atoms with Crippen molar-refractivity contribution in [2.75, 3.05) is 40.4 Å². The van der Waals surface area contributed by atoms with Gasteiger partial charge in [0.2, 0.25) is 0 Å². The van der Waals surface area contributed by atoms with Gasteiger partial charge in [-0.15, -0.1) is 0 Å². The highest BCUT2D eigenvalue weighted by Gasteiger charge is 2.31. The van der Waals surface area contributed by atoms with Gasteiger partial charge < -0.3 is 14.5 Å². The molecule has 1 atom stereocenters. The van der Waals surface area contributed by atoms with Gasteiger partial charge in [0.1, 0.15) is 0 Å². The first-order valence-corrected chi connectivity index (χ1v) is 7.52. The fraction of sp³-hybridized carbons (Fsp3) is 0.529. The molecule has 0 N–H and O–H groups in total. The molecule has 1 unspecified atom stereocenters. The van der Waals surface area contributed by atoms with Crippen LogP contribution in [0.4, 0.5) is 0 Å². The molecule has 0 aromatic rings. The zero-order valence-corrected chi connectivity index (χ0v) is 12.5. The zero-order chi connectivity index (χ0) is 13.9. The number of allylic oxidation sites excluding steroid dienone is 3. The largest absolute Gasteiger partial charge is 0.377 e. The number of hydrogen-bond donors (Lipinski definition) is 0. The summed E-state index contributed by atoms with van der Waals surface area (Å²) in [6.45, 7) is 3.80. The van der Waals surface area contributed by atoms with E-state index in [0.717, 1.165) is 39.1 Å². The fourth-order valence-corrected chi connectivity index (χ4v) is 3.11.